The molecule has 1 aliphatic heterocycles. The summed E-state index contributed by atoms with van der Waals surface area (Å²) in [7, 11) is 0. The SMILES string of the molecule is Cc1cccc(C(=O)N2CCN(c3cc(C)ccc3F)C(=O)[C@@H]2C)c1. The molecule has 1 aliphatic rings. The third kappa shape index (κ3) is 3.27. The Kier molecular flexibility index (Phi) is 4.57. The quantitative estimate of drug-likeness (QED) is 0.841. The predicted molar refractivity (Wildman–Crippen MR) is 95.2 cm³/mol. The van der Waals surface area contributed by atoms with Gasteiger partial charge < -0.3 is 9.80 Å². The van der Waals surface area contributed by atoms with Crippen LogP contribution in [-0.2, 0) is 4.79 Å². The lowest BCUT2D eigenvalue weighted by Gasteiger charge is -2.39. The number of nitrogens with zero attached hydrogens (tertiary/aromatic N) is 2. The van der Waals surface area contributed by atoms with Crippen molar-refractivity contribution in [3.63, 3.8) is 0 Å². The molecule has 25 heavy (non-hydrogen) atoms. The molecule has 0 saturated carbocycles. The van der Waals surface area contributed by atoms with Crippen LogP contribution in [-0.4, -0.2) is 35.8 Å². The molecular formula is C20H21FN2O2. The second-order valence-electron chi connectivity index (χ2n) is 6.49. The Labute approximate surface area is 146 Å². The van der Waals surface area contributed by atoms with E-state index in [4.69, 9.17) is 0 Å². The summed E-state index contributed by atoms with van der Waals surface area (Å²) in [5, 5.41) is 0. The molecule has 2 amide bonds. The fourth-order valence-electron chi connectivity index (χ4n) is 3.16. The van der Waals surface area contributed by atoms with Crippen molar-refractivity contribution in [2.75, 3.05) is 18.0 Å². The van der Waals surface area contributed by atoms with Gasteiger partial charge in [0.15, 0.2) is 0 Å². The lowest BCUT2D eigenvalue weighted by molar-refractivity contribution is -0.124. The number of benzene rings is 2. The van der Waals surface area contributed by atoms with Crippen LogP contribution in [0.4, 0.5) is 10.1 Å². The summed E-state index contributed by atoms with van der Waals surface area (Å²) in [4.78, 5) is 28.5. The minimum Gasteiger partial charge on any atom is -0.325 e. The van der Waals surface area contributed by atoms with Crippen LogP contribution >= 0.6 is 0 Å². The Hall–Kier alpha value is -2.69. The molecular weight excluding hydrogens is 319 g/mol. The molecule has 4 nitrogen and oxygen atoms in total. The van der Waals surface area contributed by atoms with Gasteiger partial charge in [-0.3, -0.25) is 9.59 Å². The first-order valence-corrected chi connectivity index (χ1v) is 8.33. The number of hydrogen-bond donors (Lipinski definition) is 0. The van der Waals surface area contributed by atoms with E-state index >= 15 is 0 Å². The van der Waals surface area contributed by atoms with Gasteiger partial charge in [-0.05, 0) is 50.6 Å². The lowest BCUT2D eigenvalue weighted by atomic mass is 10.1. The fourth-order valence-corrected chi connectivity index (χ4v) is 3.16. The Balaban J connectivity index is 1.84. The molecule has 5 heteroatoms. The Morgan fingerprint density at radius 3 is 2.52 bits per heavy atom. The summed E-state index contributed by atoms with van der Waals surface area (Å²) in [5.41, 5.74) is 2.72. The van der Waals surface area contributed by atoms with Crippen LogP contribution in [0.1, 0.15) is 28.4 Å². The molecule has 1 fully saturated rings. The first kappa shape index (κ1) is 17.1. The van der Waals surface area contributed by atoms with Crippen LogP contribution in [0, 0.1) is 19.7 Å². The molecule has 0 radical (unpaired) electrons. The molecule has 2 aromatic carbocycles. The van der Waals surface area contributed by atoms with E-state index in [1.54, 1.807) is 30.0 Å². The maximum Gasteiger partial charge on any atom is 0.254 e. The third-order valence-corrected chi connectivity index (χ3v) is 4.57. The molecule has 0 unspecified atom stereocenters. The summed E-state index contributed by atoms with van der Waals surface area (Å²) in [5.74, 6) is -0.865. The van der Waals surface area contributed by atoms with Crippen molar-refractivity contribution in [2.45, 2.75) is 26.8 Å². The minimum atomic E-state index is -0.637. The van der Waals surface area contributed by atoms with Crippen molar-refractivity contribution in [1.29, 1.82) is 0 Å². The number of amides is 2. The van der Waals surface area contributed by atoms with E-state index in [0.717, 1.165) is 11.1 Å². The van der Waals surface area contributed by atoms with Gasteiger partial charge in [0.2, 0.25) is 5.91 Å². The molecule has 0 bridgehead atoms. The van der Waals surface area contributed by atoms with Crippen LogP contribution in [0.3, 0.4) is 0 Å². The molecule has 1 atom stereocenters. The Bertz CT molecular complexity index is 834. The van der Waals surface area contributed by atoms with E-state index in [1.807, 2.05) is 32.0 Å². The minimum absolute atomic E-state index is 0.172. The Morgan fingerprint density at radius 2 is 1.80 bits per heavy atom. The van der Waals surface area contributed by atoms with Gasteiger partial charge in [-0.15, -0.1) is 0 Å². The highest BCUT2D eigenvalue weighted by atomic mass is 19.1. The van der Waals surface area contributed by atoms with Gasteiger partial charge in [0, 0.05) is 18.7 Å². The molecule has 1 saturated heterocycles. The summed E-state index contributed by atoms with van der Waals surface area (Å²) in [6.45, 7) is 6.11. The standard InChI is InChI=1S/C20H21FN2O2/c1-13-5-4-6-16(11-13)20(25)22-9-10-23(19(24)15(22)3)18-12-14(2)7-8-17(18)21/h4-8,11-12,15H,9-10H2,1-3H3/t15-/m0/s1. The monoisotopic (exact) mass is 340 g/mol. The number of hydrogen-bond acceptors (Lipinski definition) is 2. The highest BCUT2D eigenvalue weighted by Gasteiger charge is 2.36. The number of anilines is 1. The molecule has 130 valence electrons. The zero-order valence-corrected chi connectivity index (χ0v) is 14.6. The number of halogens is 1. The first-order chi connectivity index (χ1) is 11.9. The van der Waals surface area contributed by atoms with Crippen LogP contribution in [0.2, 0.25) is 0 Å². The van der Waals surface area contributed by atoms with E-state index in [0.29, 0.717) is 12.1 Å². The third-order valence-electron chi connectivity index (χ3n) is 4.57. The van der Waals surface area contributed by atoms with E-state index < -0.39 is 11.9 Å². The normalized spacial score (nSPS) is 17.8. The van der Waals surface area contributed by atoms with Crippen molar-refractivity contribution in [3.8, 4) is 0 Å². The van der Waals surface area contributed by atoms with E-state index in [9.17, 15) is 14.0 Å². The number of rotatable bonds is 2. The maximum absolute atomic E-state index is 14.1. The number of carbonyl (C=O) groups is 2. The maximum atomic E-state index is 14.1. The van der Waals surface area contributed by atoms with Crippen LogP contribution in [0.25, 0.3) is 0 Å². The van der Waals surface area contributed by atoms with Gasteiger partial charge >= 0.3 is 0 Å². The second-order valence-corrected chi connectivity index (χ2v) is 6.49. The zero-order valence-electron chi connectivity index (χ0n) is 14.6. The van der Waals surface area contributed by atoms with Gasteiger partial charge in [-0.2, -0.15) is 0 Å². The number of piperazine rings is 1. The topological polar surface area (TPSA) is 40.6 Å². The average Bonchev–Trinajstić information content (AvgIpc) is 2.59. The van der Waals surface area contributed by atoms with Crippen molar-refractivity contribution < 1.29 is 14.0 Å². The van der Waals surface area contributed by atoms with Crippen LogP contribution < -0.4 is 4.90 Å². The molecule has 2 aromatic rings. The highest BCUT2D eigenvalue weighted by molar-refractivity contribution is 6.03. The van der Waals surface area contributed by atoms with Gasteiger partial charge in [0.25, 0.3) is 5.91 Å². The molecule has 0 N–H and O–H groups in total. The van der Waals surface area contributed by atoms with Crippen molar-refractivity contribution in [3.05, 3.63) is 65.0 Å². The zero-order chi connectivity index (χ0) is 18.1. The van der Waals surface area contributed by atoms with Gasteiger partial charge in [0.05, 0.1) is 5.69 Å². The largest absolute Gasteiger partial charge is 0.325 e. The lowest BCUT2D eigenvalue weighted by Crippen LogP contribution is -2.58. The average molecular weight is 340 g/mol. The smallest absolute Gasteiger partial charge is 0.254 e. The van der Waals surface area contributed by atoms with Crippen molar-refractivity contribution >= 4 is 17.5 Å². The van der Waals surface area contributed by atoms with Crippen LogP contribution in [0.15, 0.2) is 42.5 Å². The molecule has 0 aliphatic carbocycles. The molecule has 0 aromatic heterocycles. The summed E-state index contributed by atoms with van der Waals surface area (Å²) in [6, 6.07) is 11.4. The first-order valence-electron chi connectivity index (χ1n) is 8.33. The Morgan fingerprint density at radius 1 is 1.08 bits per heavy atom. The van der Waals surface area contributed by atoms with E-state index in [2.05, 4.69) is 0 Å². The molecule has 3 rings (SSSR count). The highest BCUT2D eigenvalue weighted by Crippen LogP contribution is 2.25. The summed E-state index contributed by atoms with van der Waals surface area (Å²) < 4.78 is 14.1. The van der Waals surface area contributed by atoms with E-state index in [1.165, 1.54) is 11.0 Å². The van der Waals surface area contributed by atoms with E-state index in [-0.39, 0.29) is 24.0 Å². The number of aryl methyl sites for hydroxylation is 2. The van der Waals surface area contributed by atoms with Crippen molar-refractivity contribution in [1.82, 2.24) is 4.90 Å². The summed E-state index contributed by atoms with van der Waals surface area (Å²) >= 11 is 0. The summed E-state index contributed by atoms with van der Waals surface area (Å²) in [6.07, 6.45) is 0. The van der Waals surface area contributed by atoms with Crippen molar-refractivity contribution in [2.24, 2.45) is 0 Å². The van der Waals surface area contributed by atoms with Gasteiger partial charge in [0.1, 0.15) is 11.9 Å². The van der Waals surface area contributed by atoms with Gasteiger partial charge in [-0.1, -0.05) is 23.8 Å². The predicted octanol–water partition coefficient (Wildman–Crippen LogP) is 3.32. The molecule has 0 spiro atoms. The second kappa shape index (κ2) is 6.67. The number of carbonyl (C=O) groups excluding carboxylic acids is 2. The van der Waals surface area contributed by atoms with Crippen LogP contribution in [0.5, 0.6) is 0 Å². The molecule has 1 heterocycles. The fraction of sp³-hybridized carbons (Fsp3) is 0.300. The van der Waals surface area contributed by atoms with Gasteiger partial charge in [-0.25, -0.2) is 4.39 Å².